The number of allylic oxidation sites excluding steroid dienone is 1. The number of Topliss-reactive ketones (excluding diaryl/α,β-unsaturated/α-hetero) is 1. The third kappa shape index (κ3) is 5.71. The van der Waals surface area contributed by atoms with Crippen LogP contribution >= 0.6 is 0 Å². The second-order valence-corrected chi connectivity index (χ2v) is 5.80. The van der Waals surface area contributed by atoms with Gasteiger partial charge in [0.2, 0.25) is 0 Å². The summed E-state index contributed by atoms with van der Waals surface area (Å²) in [5.41, 5.74) is 0.646. The molecule has 0 amide bonds. The fourth-order valence-electron chi connectivity index (χ4n) is 2.40. The van der Waals surface area contributed by atoms with Crippen LogP contribution in [0.2, 0.25) is 0 Å². The van der Waals surface area contributed by atoms with Crippen LogP contribution in [-0.4, -0.2) is 33.2 Å². The van der Waals surface area contributed by atoms with Gasteiger partial charge in [-0.3, -0.25) is 4.79 Å². The van der Waals surface area contributed by atoms with Crippen molar-refractivity contribution in [1.82, 2.24) is 0 Å². The molecule has 0 bridgehead atoms. The van der Waals surface area contributed by atoms with Gasteiger partial charge in [-0.2, -0.15) is 0 Å². The van der Waals surface area contributed by atoms with Crippen LogP contribution in [0.15, 0.2) is 30.9 Å². The minimum absolute atomic E-state index is 0.0674. The lowest BCUT2D eigenvalue weighted by Gasteiger charge is -2.19. The standard InChI is InChI=1S/C19H28O4/c1-6-8-16(14(2)3)19(20)15-9-10-17(22-5)18(13-15)23-12-7-11-21-4/h6,9-10,13-14,16H,1,7-8,11-12H2,2-5H3/t16-/m0/s1. The Morgan fingerprint density at radius 1 is 1.22 bits per heavy atom. The van der Waals surface area contributed by atoms with Crippen molar-refractivity contribution in [3.63, 3.8) is 0 Å². The van der Waals surface area contributed by atoms with E-state index in [1.165, 1.54) is 0 Å². The van der Waals surface area contributed by atoms with Crippen LogP contribution in [-0.2, 0) is 4.74 Å². The molecular weight excluding hydrogens is 292 g/mol. The van der Waals surface area contributed by atoms with Crippen molar-refractivity contribution in [1.29, 1.82) is 0 Å². The molecule has 0 N–H and O–H groups in total. The van der Waals surface area contributed by atoms with Crippen LogP contribution < -0.4 is 9.47 Å². The number of hydrogen-bond acceptors (Lipinski definition) is 4. The van der Waals surface area contributed by atoms with Gasteiger partial charge < -0.3 is 14.2 Å². The summed E-state index contributed by atoms with van der Waals surface area (Å²) in [5, 5.41) is 0. The van der Waals surface area contributed by atoms with Gasteiger partial charge in [-0.25, -0.2) is 0 Å². The lowest BCUT2D eigenvalue weighted by atomic mass is 9.85. The zero-order chi connectivity index (χ0) is 17.2. The highest BCUT2D eigenvalue weighted by Crippen LogP contribution is 2.30. The predicted molar refractivity (Wildman–Crippen MR) is 92.5 cm³/mol. The predicted octanol–water partition coefficient (Wildman–Crippen LogP) is 4.14. The van der Waals surface area contributed by atoms with Gasteiger partial charge in [0.15, 0.2) is 17.3 Å². The fraction of sp³-hybridized carbons (Fsp3) is 0.526. The van der Waals surface area contributed by atoms with Crippen molar-refractivity contribution < 1.29 is 19.0 Å². The molecule has 1 aromatic carbocycles. The van der Waals surface area contributed by atoms with Crippen molar-refractivity contribution in [2.24, 2.45) is 11.8 Å². The average Bonchev–Trinajstić information content (AvgIpc) is 2.55. The number of rotatable bonds is 11. The maximum absolute atomic E-state index is 12.7. The van der Waals surface area contributed by atoms with Gasteiger partial charge >= 0.3 is 0 Å². The maximum Gasteiger partial charge on any atom is 0.166 e. The molecule has 0 unspecified atom stereocenters. The minimum atomic E-state index is -0.0674. The Morgan fingerprint density at radius 3 is 2.52 bits per heavy atom. The summed E-state index contributed by atoms with van der Waals surface area (Å²) < 4.78 is 16.1. The normalized spacial score (nSPS) is 12.0. The smallest absolute Gasteiger partial charge is 0.166 e. The molecule has 0 saturated carbocycles. The maximum atomic E-state index is 12.7. The second kappa shape index (κ2) is 10.1. The number of benzene rings is 1. The van der Waals surface area contributed by atoms with Crippen molar-refractivity contribution in [3.05, 3.63) is 36.4 Å². The summed E-state index contributed by atoms with van der Waals surface area (Å²) in [7, 11) is 3.25. The van der Waals surface area contributed by atoms with E-state index in [1.54, 1.807) is 38.5 Å². The highest BCUT2D eigenvalue weighted by Gasteiger charge is 2.23. The Hall–Kier alpha value is -1.81. The number of ketones is 1. The van der Waals surface area contributed by atoms with Crippen LogP contribution in [0.25, 0.3) is 0 Å². The van der Waals surface area contributed by atoms with Crippen molar-refractivity contribution >= 4 is 5.78 Å². The number of methoxy groups -OCH3 is 2. The van der Waals surface area contributed by atoms with E-state index in [4.69, 9.17) is 14.2 Å². The van der Waals surface area contributed by atoms with Gasteiger partial charge in [0.05, 0.1) is 13.7 Å². The van der Waals surface area contributed by atoms with E-state index in [0.717, 1.165) is 6.42 Å². The average molecular weight is 320 g/mol. The third-order valence-electron chi connectivity index (χ3n) is 3.76. The highest BCUT2D eigenvalue weighted by atomic mass is 16.5. The van der Waals surface area contributed by atoms with Crippen molar-refractivity contribution in [2.75, 3.05) is 27.4 Å². The fourth-order valence-corrected chi connectivity index (χ4v) is 2.40. The zero-order valence-corrected chi connectivity index (χ0v) is 14.6. The summed E-state index contributed by atoms with van der Waals surface area (Å²) >= 11 is 0. The van der Waals surface area contributed by atoms with Crippen LogP contribution in [0.3, 0.4) is 0 Å². The Morgan fingerprint density at radius 2 is 1.96 bits per heavy atom. The second-order valence-electron chi connectivity index (χ2n) is 5.80. The molecule has 0 fully saturated rings. The van der Waals surface area contributed by atoms with Gasteiger partial charge in [-0.15, -0.1) is 6.58 Å². The van der Waals surface area contributed by atoms with E-state index in [2.05, 4.69) is 20.4 Å². The largest absolute Gasteiger partial charge is 0.493 e. The van der Waals surface area contributed by atoms with E-state index in [-0.39, 0.29) is 17.6 Å². The first-order chi connectivity index (χ1) is 11.0. The molecular formula is C19H28O4. The van der Waals surface area contributed by atoms with Crippen LogP contribution in [0.5, 0.6) is 11.5 Å². The summed E-state index contributed by atoms with van der Waals surface area (Å²) in [5.74, 6) is 1.53. The molecule has 0 aliphatic heterocycles. The first kappa shape index (κ1) is 19.2. The van der Waals surface area contributed by atoms with E-state index < -0.39 is 0 Å². The molecule has 0 heterocycles. The van der Waals surface area contributed by atoms with E-state index >= 15 is 0 Å². The number of carbonyl (C=O) groups excluding carboxylic acids is 1. The highest BCUT2D eigenvalue weighted by molar-refractivity contribution is 5.98. The quantitative estimate of drug-likeness (QED) is 0.349. The van der Waals surface area contributed by atoms with Gasteiger partial charge in [0.1, 0.15) is 0 Å². The van der Waals surface area contributed by atoms with Gasteiger partial charge in [0, 0.05) is 31.6 Å². The number of carbonyl (C=O) groups is 1. The van der Waals surface area contributed by atoms with E-state index in [1.807, 2.05) is 0 Å². The SMILES string of the molecule is C=CC[C@H](C(=O)c1ccc(OC)c(OCCCOC)c1)C(C)C. The van der Waals surface area contributed by atoms with Crippen molar-refractivity contribution in [3.8, 4) is 11.5 Å². The molecule has 4 heteroatoms. The molecule has 1 aromatic rings. The summed E-state index contributed by atoms with van der Waals surface area (Å²) in [4.78, 5) is 12.7. The third-order valence-corrected chi connectivity index (χ3v) is 3.76. The van der Waals surface area contributed by atoms with Crippen molar-refractivity contribution in [2.45, 2.75) is 26.7 Å². The van der Waals surface area contributed by atoms with E-state index in [9.17, 15) is 4.79 Å². The molecule has 0 radical (unpaired) electrons. The first-order valence-electron chi connectivity index (χ1n) is 8.00. The summed E-state index contributed by atoms with van der Waals surface area (Å²) in [6.45, 7) is 9.01. The Kier molecular flexibility index (Phi) is 8.41. The molecule has 1 atom stereocenters. The lowest BCUT2D eigenvalue weighted by Crippen LogP contribution is -2.20. The molecule has 0 aliphatic carbocycles. The molecule has 0 saturated heterocycles. The van der Waals surface area contributed by atoms with Crippen LogP contribution in [0.1, 0.15) is 37.0 Å². The topological polar surface area (TPSA) is 44.8 Å². The molecule has 1 rings (SSSR count). The monoisotopic (exact) mass is 320 g/mol. The Labute approximate surface area is 139 Å². The van der Waals surface area contributed by atoms with Crippen LogP contribution in [0.4, 0.5) is 0 Å². The molecule has 4 nitrogen and oxygen atoms in total. The molecule has 0 aliphatic rings. The van der Waals surface area contributed by atoms with Crippen LogP contribution in [0, 0.1) is 11.8 Å². The van der Waals surface area contributed by atoms with E-state index in [0.29, 0.717) is 36.7 Å². The zero-order valence-electron chi connectivity index (χ0n) is 14.6. The lowest BCUT2D eigenvalue weighted by molar-refractivity contribution is 0.0886. The van der Waals surface area contributed by atoms with Gasteiger partial charge in [-0.05, 0) is 30.5 Å². The van der Waals surface area contributed by atoms with Gasteiger partial charge in [0.25, 0.3) is 0 Å². The molecule has 128 valence electrons. The summed E-state index contributed by atoms with van der Waals surface area (Å²) in [6.07, 6.45) is 3.25. The molecule has 0 spiro atoms. The minimum Gasteiger partial charge on any atom is -0.493 e. The van der Waals surface area contributed by atoms with Gasteiger partial charge in [-0.1, -0.05) is 19.9 Å². The molecule has 23 heavy (non-hydrogen) atoms. The molecule has 0 aromatic heterocycles. The first-order valence-corrected chi connectivity index (χ1v) is 8.00. The number of hydrogen-bond donors (Lipinski definition) is 0. The number of ether oxygens (including phenoxy) is 3. The Balaban J connectivity index is 2.94. The Bertz CT molecular complexity index is 508. The summed E-state index contributed by atoms with van der Waals surface area (Å²) in [6, 6.07) is 5.35.